The molecule has 1 saturated heterocycles. The normalized spacial score (nSPS) is 21.7. The number of piperidine rings is 1. The van der Waals surface area contributed by atoms with Crippen LogP contribution in [0, 0.1) is 11.8 Å². The number of benzene rings is 3. The van der Waals surface area contributed by atoms with Crippen LogP contribution in [0.1, 0.15) is 37.0 Å². The molecule has 0 aliphatic carbocycles. The first-order chi connectivity index (χ1) is 16.5. The van der Waals surface area contributed by atoms with Gasteiger partial charge in [0.05, 0.1) is 17.0 Å². The molecule has 2 heterocycles. The van der Waals surface area contributed by atoms with Crippen LogP contribution in [0.15, 0.2) is 72.8 Å². The lowest BCUT2D eigenvalue weighted by Gasteiger charge is -2.35. The van der Waals surface area contributed by atoms with Gasteiger partial charge in [-0.1, -0.05) is 74.0 Å². The number of nitrogens with zero attached hydrogens (tertiary/aromatic N) is 1. The quantitative estimate of drug-likeness (QED) is 0.404. The van der Waals surface area contributed by atoms with Crippen LogP contribution in [0.4, 0.5) is 11.4 Å². The Hall–Kier alpha value is -3.08. The molecule has 34 heavy (non-hydrogen) atoms. The fraction of sp³-hybridized carbons (Fsp3) is 0.276. The van der Waals surface area contributed by atoms with Crippen molar-refractivity contribution in [1.82, 2.24) is 4.90 Å². The van der Waals surface area contributed by atoms with E-state index in [1.165, 1.54) is 12.0 Å². The minimum atomic E-state index is -0.131. The maximum absolute atomic E-state index is 13.0. The first-order valence-corrected chi connectivity index (χ1v) is 12.3. The van der Waals surface area contributed by atoms with Gasteiger partial charge in [0.1, 0.15) is 0 Å². The third kappa shape index (κ3) is 4.89. The Bertz CT molecular complexity index is 1210. The second-order valence-electron chi connectivity index (χ2n) is 9.72. The van der Waals surface area contributed by atoms with Crippen molar-refractivity contribution in [2.75, 3.05) is 23.7 Å². The van der Waals surface area contributed by atoms with E-state index in [1.54, 1.807) is 6.07 Å². The van der Waals surface area contributed by atoms with Crippen molar-refractivity contribution in [3.05, 3.63) is 94.5 Å². The van der Waals surface area contributed by atoms with Gasteiger partial charge < -0.3 is 10.6 Å². The maximum Gasteiger partial charge on any atom is 0.258 e. The predicted octanol–water partition coefficient (Wildman–Crippen LogP) is 6.75. The number of carbonyl (C=O) groups is 1. The van der Waals surface area contributed by atoms with E-state index in [-0.39, 0.29) is 5.91 Å². The highest BCUT2D eigenvalue weighted by Crippen LogP contribution is 2.38. The van der Waals surface area contributed by atoms with E-state index in [4.69, 9.17) is 11.6 Å². The Balaban J connectivity index is 1.44. The van der Waals surface area contributed by atoms with Crippen molar-refractivity contribution in [1.29, 1.82) is 0 Å². The number of nitrogens with one attached hydrogen (secondary N) is 2. The lowest BCUT2D eigenvalue weighted by molar-refractivity contribution is -0.110. The standard InChI is InChI=1S/C29H30ClN3O/c1-19-14-20(2)17-33(16-19)18-21-8-11-24(12-9-21)31-28(22-6-4-3-5-7-22)27-25-13-10-23(30)15-26(25)32-29(27)34/h3-13,15,19-20,31H,14,16-18H2,1-2H3,(H,32,34)/b28-27-. The molecule has 2 aliphatic rings. The Morgan fingerprint density at radius 1 is 1.00 bits per heavy atom. The van der Waals surface area contributed by atoms with Gasteiger partial charge in [0, 0.05) is 35.9 Å². The topological polar surface area (TPSA) is 44.4 Å². The van der Waals surface area contributed by atoms with Crippen LogP contribution in [-0.2, 0) is 11.3 Å². The number of likely N-dealkylation sites (tertiary alicyclic amines) is 1. The Kier molecular flexibility index (Phi) is 6.44. The van der Waals surface area contributed by atoms with E-state index >= 15 is 0 Å². The number of rotatable bonds is 5. The van der Waals surface area contributed by atoms with Crippen molar-refractivity contribution < 1.29 is 4.79 Å². The molecule has 174 valence electrons. The molecule has 5 heteroatoms. The molecular formula is C29H30ClN3O. The molecule has 5 rings (SSSR count). The van der Waals surface area contributed by atoms with Crippen LogP contribution >= 0.6 is 11.6 Å². The summed E-state index contributed by atoms with van der Waals surface area (Å²) in [5, 5.41) is 7.10. The summed E-state index contributed by atoms with van der Waals surface area (Å²) in [4.78, 5) is 15.6. The molecule has 1 fully saturated rings. The zero-order valence-electron chi connectivity index (χ0n) is 19.6. The molecule has 0 bridgehead atoms. The summed E-state index contributed by atoms with van der Waals surface area (Å²) in [6.45, 7) is 7.98. The molecule has 1 amide bonds. The van der Waals surface area contributed by atoms with Gasteiger partial charge in [-0.3, -0.25) is 9.69 Å². The molecule has 2 atom stereocenters. The van der Waals surface area contributed by atoms with E-state index in [1.807, 2.05) is 42.5 Å². The van der Waals surface area contributed by atoms with Gasteiger partial charge in [-0.2, -0.15) is 0 Å². The number of halogens is 1. The average Bonchev–Trinajstić information content (AvgIpc) is 3.13. The lowest BCUT2D eigenvalue weighted by Crippen LogP contribution is -2.38. The molecule has 0 aromatic heterocycles. The van der Waals surface area contributed by atoms with E-state index in [0.29, 0.717) is 10.6 Å². The van der Waals surface area contributed by atoms with Crippen molar-refractivity contribution in [2.24, 2.45) is 11.8 Å². The molecule has 0 saturated carbocycles. The summed E-state index contributed by atoms with van der Waals surface area (Å²) in [5.74, 6) is 1.37. The predicted molar refractivity (Wildman–Crippen MR) is 142 cm³/mol. The van der Waals surface area contributed by atoms with E-state index in [0.717, 1.165) is 59.7 Å². The van der Waals surface area contributed by atoms with Gasteiger partial charge in [0.2, 0.25) is 0 Å². The van der Waals surface area contributed by atoms with Crippen LogP contribution in [-0.4, -0.2) is 23.9 Å². The molecule has 3 aromatic rings. The van der Waals surface area contributed by atoms with Crippen LogP contribution in [0.3, 0.4) is 0 Å². The molecule has 4 nitrogen and oxygen atoms in total. The molecule has 2 aliphatic heterocycles. The van der Waals surface area contributed by atoms with Crippen LogP contribution in [0.2, 0.25) is 5.02 Å². The average molecular weight is 472 g/mol. The van der Waals surface area contributed by atoms with Crippen molar-refractivity contribution in [3.63, 3.8) is 0 Å². The Morgan fingerprint density at radius 2 is 1.71 bits per heavy atom. The Morgan fingerprint density at radius 3 is 2.41 bits per heavy atom. The van der Waals surface area contributed by atoms with Gasteiger partial charge in [-0.15, -0.1) is 0 Å². The number of carbonyl (C=O) groups excluding carboxylic acids is 1. The van der Waals surface area contributed by atoms with Crippen molar-refractivity contribution in [2.45, 2.75) is 26.8 Å². The van der Waals surface area contributed by atoms with Crippen LogP contribution in [0.5, 0.6) is 0 Å². The minimum absolute atomic E-state index is 0.131. The molecule has 2 N–H and O–H groups in total. The van der Waals surface area contributed by atoms with E-state index in [2.05, 4.69) is 53.6 Å². The van der Waals surface area contributed by atoms with Crippen LogP contribution in [0.25, 0.3) is 11.3 Å². The summed E-state index contributed by atoms with van der Waals surface area (Å²) in [5.41, 5.74) is 6.21. The first-order valence-electron chi connectivity index (χ1n) is 12.0. The molecule has 0 spiro atoms. The maximum atomic E-state index is 13.0. The molecule has 3 aromatic carbocycles. The third-order valence-electron chi connectivity index (χ3n) is 6.61. The van der Waals surface area contributed by atoms with Gasteiger partial charge in [0.25, 0.3) is 5.91 Å². The van der Waals surface area contributed by atoms with Gasteiger partial charge in [-0.25, -0.2) is 0 Å². The molecule has 0 radical (unpaired) electrons. The number of hydrogen-bond acceptors (Lipinski definition) is 3. The van der Waals surface area contributed by atoms with E-state index in [9.17, 15) is 4.79 Å². The Labute approximate surface area is 206 Å². The lowest BCUT2D eigenvalue weighted by atomic mass is 9.91. The fourth-order valence-electron chi connectivity index (χ4n) is 5.29. The number of fused-ring (bicyclic) bond motifs is 1. The monoisotopic (exact) mass is 471 g/mol. The first kappa shape index (κ1) is 22.7. The summed E-state index contributed by atoms with van der Waals surface area (Å²) < 4.78 is 0. The minimum Gasteiger partial charge on any atom is -0.354 e. The molecule has 2 unspecified atom stereocenters. The van der Waals surface area contributed by atoms with E-state index < -0.39 is 0 Å². The third-order valence-corrected chi connectivity index (χ3v) is 6.85. The summed E-state index contributed by atoms with van der Waals surface area (Å²) in [6.07, 6.45) is 1.32. The highest BCUT2D eigenvalue weighted by atomic mass is 35.5. The smallest absolute Gasteiger partial charge is 0.258 e. The fourth-order valence-corrected chi connectivity index (χ4v) is 5.47. The molecular weight excluding hydrogens is 442 g/mol. The largest absolute Gasteiger partial charge is 0.354 e. The summed E-state index contributed by atoms with van der Waals surface area (Å²) >= 11 is 6.16. The highest BCUT2D eigenvalue weighted by molar-refractivity contribution is 6.38. The summed E-state index contributed by atoms with van der Waals surface area (Å²) in [7, 11) is 0. The summed E-state index contributed by atoms with van der Waals surface area (Å²) in [6, 6.07) is 24.1. The second-order valence-corrected chi connectivity index (χ2v) is 10.2. The zero-order chi connectivity index (χ0) is 23.7. The number of amides is 1. The SMILES string of the molecule is CC1CC(C)CN(Cc2ccc(N/C(=C3\C(=O)Nc4cc(Cl)ccc43)c3ccccc3)cc2)C1. The van der Waals surface area contributed by atoms with Crippen molar-refractivity contribution >= 4 is 40.2 Å². The number of anilines is 2. The van der Waals surface area contributed by atoms with Crippen LogP contribution < -0.4 is 10.6 Å². The number of hydrogen-bond donors (Lipinski definition) is 2. The second kappa shape index (κ2) is 9.65. The highest BCUT2D eigenvalue weighted by Gasteiger charge is 2.28. The van der Waals surface area contributed by atoms with Gasteiger partial charge >= 0.3 is 0 Å². The van der Waals surface area contributed by atoms with Gasteiger partial charge in [0.15, 0.2) is 0 Å². The van der Waals surface area contributed by atoms with Gasteiger partial charge in [-0.05, 0) is 53.6 Å². The van der Waals surface area contributed by atoms with Crippen molar-refractivity contribution in [3.8, 4) is 0 Å². The zero-order valence-corrected chi connectivity index (χ0v) is 20.4.